The van der Waals surface area contributed by atoms with Crippen LogP contribution >= 0.6 is 12.2 Å². The predicted octanol–water partition coefficient (Wildman–Crippen LogP) is -1.82. The van der Waals surface area contributed by atoms with Crippen LogP contribution in [0.2, 0.25) is 0 Å². The van der Waals surface area contributed by atoms with Crippen molar-refractivity contribution in [3.8, 4) is 0 Å². The molecule has 27 heavy (non-hydrogen) atoms. The van der Waals surface area contributed by atoms with E-state index in [0.29, 0.717) is 36.6 Å². The minimum absolute atomic E-state index is 0.0383. The summed E-state index contributed by atoms with van der Waals surface area (Å²) in [5.41, 5.74) is 11.4. The average Bonchev–Trinajstić information content (AvgIpc) is 3.16. The summed E-state index contributed by atoms with van der Waals surface area (Å²) in [5, 5.41) is 32.5. The van der Waals surface area contributed by atoms with Crippen LogP contribution in [0.1, 0.15) is 12.6 Å². The number of rotatable bonds is 7. The number of hydrogen-bond acceptors (Lipinski definition) is 9. The number of imidazole rings is 1. The number of guanidine groups is 1. The molecule has 0 spiro atoms. The molecule has 9 N–H and O–H groups in total. The normalized spacial score (nSPS) is 25.0. The van der Waals surface area contributed by atoms with E-state index in [1.807, 2.05) is 0 Å². The molecule has 1 aliphatic rings. The van der Waals surface area contributed by atoms with Crippen LogP contribution in [0.5, 0.6) is 0 Å². The lowest BCUT2D eigenvalue weighted by Crippen LogP contribution is -2.33. The highest BCUT2D eigenvalue weighted by molar-refractivity contribution is 7.71. The maximum absolute atomic E-state index is 10.2. The van der Waals surface area contributed by atoms with Crippen LogP contribution in [-0.2, 0) is 4.74 Å². The number of aliphatic imine (C=N–C) groups is 1. The molecule has 3 heterocycles. The lowest BCUT2D eigenvalue weighted by atomic mass is 10.1. The molecule has 12 nitrogen and oxygen atoms in total. The zero-order valence-electron chi connectivity index (χ0n) is 14.3. The van der Waals surface area contributed by atoms with Crippen LogP contribution < -0.4 is 16.8 Å². The first kappa shape index (κ1) is 19.4. The third kappa shape index (κ3) is 4.01. The fourth-order valence-corrected chi connectivity index (χ4v) is 3.06. The molecule has 0 aromatic carbocycles. The van der Waals surface area contributed by atoms with E-state index in [1.54, 1.807) is 0 Å². The Morgan fingerprint density at radius 2 is 2.19 bits per heavy atom. The maximum Gasteiger partial charge on any atom is 0.203 e. The summed E-state index contributed by atoms with van der Waals surface area (Å²) >= 11 is 5.27. The van der Waals surface area contributed by atoms with Gasteiger partial charge in [0.2, 0.25) is 5.95 Å². The van der Waals surface area contributed by atoms with Gasteiger partial charge in [-0.3, -0.25) is 9.56 Å². The molecule has 0 bridgehead atoms. The van der Waals surface area contributed by atoms with Crippen molar-refractivity contribution >= 4 is 35.3 Å². The molecule has 1 aliphatic heterocycles. The van der Waals surface area contributed by atoms with Crippen molar-refractivity contribution in [2.24, 2.45) is 16.5 Å². The SMILES string of the molecule is NC(N)=NCCCNc1nc(=S)c2ncn([C@@H]3O[C@H](CO)[C@H](O)C3O)c2[nH]1. The molecule has 1 unspecified atom stereocenters. The van der Waals surface area contributed by atoms with Crippen LogP contribution in [0.15, 0.2) is 11.3 Å². The number of aliphatic hydroxyl groups is 3. The topological polar surface area (TPSA) is 193 Å². The van der Waals surface area contributed by atoms with Gasteiger partial charge in [0.25, 0.3) is 0 Å². The van der Waals surface area contributed by atoms with Gasteiger partial charge < -0.3 is 41.8 Å². The lowest BCUT2D eigenvalue weighted by Gasteiger charge is -2.17. The van der Waals surface area contributed by atoms with E-state index in [4.69, 9.17) is 28.4 Å². The Morgan fingerprint density at radius 3 is 2.85 bits per heavy atom. The maximum atomic E-state index is 10.2. The molecular weight excluding hydrogens is 376 g/mol. The summed E-state index contributed by atoms with van der Waals surface area (Å²) < 4.78 is 7.32. The number of ether oxygens (including phenoxy) is 1. The van der Waals surface area contributed by atoms with Crippen LogP contribution in [0.25, 0.3) is 11.2 Å². The summed E-state index contributed by atoms with van der Waals surface area (Å²) in [6.45, 7) is 0.600. The van der Waals surface area contributed by atoms with Gasteiger partial charge in [-0.2, -0.15) is 0 Å². The zero-order chi connectivity index (χ0) is 19.6. The Bertz CT molecular complexity index is 880. The van der Waals surface area contributed by atoms with Crippen LogP contribution in [-0.4, -0.2) is 78.8 Å². The Balaban J connectivity index is 1.81. The summed E-state index contributed by atoms with van der Waals surface area (Å²) in [7, 11) is 0. The van der Waals surface area contributed by atoms with Crippen molar-refractivity contribution in [3.05, 3.63) is 11.0 Å². The van der Waals surface area contributed by atoms with E-state index < -0.39 is 31.1 Å². The molecule has 0 amide bonds. The number of hydrogen-bond donors (Lipinski definition) is 7. The van der Waals surface area contributed by atoms with E-state index in [1.165, 1.54) is 10.9 Å². The molecular formula is C14H22N8O4S. The predicted molar refractivity (Wildman–Crippen MR) is 99.5 cm³/mol. The lowest BCUT2D eigenvalue weighted by molar-refractivity contribution is -0.0511. The van der Waals surface area contributed by atoms with Crippen LogP contribution in [0, 0.1) is 4.64 Å². The number of H-pyrrole nitrogens is 1. The third-order valence-corrected chi connectivity index (χ3v) is 4.44. The van der Waals surface area contributed by atoms with Crippen molar-refractivity contribution in [2.45, 2.75) is 31.0 Å². The summed E-state index contributed by atoms with van der Waals surface area (Å²) in [4.78, 5) is 15.4. The second kappa shape index (κ2) is 8.14. The van der Waals surface area contributed by atoms with Gasteiger partial charge in [-0.1, -0.05) is 12.2 Å². The van der Waals surface area contributed by atoms with Crippen molar-refractivity contribution in [1.29, 1.82) is 0 Å². The van der Waals surface area contributed by atoms with E-state index in [9.17, 15) is 15.3 Å². The Hall–Kier alpha value is -2.32. The van der Waals surface area contributed by atoms with Gasteiger partial charge in [-0.15, -0.1) is 0 Å². The summed E-state index contributed by atoms with van der Waals surface area (Å²) in [6.07, 6.45) is -2.15. The zero-order valence-corrected chi connectivity index (χ0v) is 15.1. The number of nitrogens with two attached hydrogens (primary N) is 2. The number of nitrogens with one attached hydrogen (secondary N) is 2. The molecule has 2 aromatic rings. The smallest absolute Gasteiger partial charge is 0.203 e. The molecule has 1 saturated heterocycles. The summed E-state index contributed by atoms with van der Waals surface area (Å²) in [5.74, 6) is 0.446. The first-order chi connectivity index (χ1) is 12.9. The van der Waals surface area contributed by atoms with E-state index >= 15 is 0 Å². The summed E-state index contributed by atoms with van der Waals surface area (Å²) in [6, 6.07) is 0. The number of nitrogens with zero attached hydrogens (tertiary/aromatic N) is 4. The van der Waals surface area contributed by atoms with Gasteiger partial charge in [0, 0.05) is 13.1 Å². The van der Waals surface area contributed by atoms with Crippen molar-refractivity contribution in [2.75, 3.05) is 25.0 Å². The van der Waals surface area contributed by atoms with E-state index in [0.717, 1.165) is 0 Å². The van der Waals surface area contributed by atoms with Gasteiger partial charge in [0.05, 0.1) is 12.9 Å². The second-order valence-corrected chi connectivity index (χ2v) is 6.44. The van der Waals surface area contributed by atoms with Crippen LogP contribution in [0.4, 0.5) is 5.95 Å². The van der Waals surface area contributed by atoms with Gasteiger partial charge >= 0.3 is 0 Å². The molecule has 2 aromatic heterocycles. The minimum Gasteiger partial charge on any atom is -0.394 e. The molecule has 3 rings (SSSR count). The molecule has 4 atom stereocenters. The Labute approximate surface area is 158 Å². The van der Waals surface area contributed by atoms with Crippen molar-refractivity contribution < 1.29 is 20.1 Å². The number of anilines is 1. The quantitative estimate of drug-likeness (QED) is 0.121. The van der Waals surface area contributed by atoms with Crippen molar-refractivity contribution in [1.82, 2.24) is 19.5 Å². The first-order valence-electron chi connectivity index (χ1n) is 8.31. The fraction of sp³-hybridized carbons (Fsp3) is 0.571. The third-order valence-electron chi connectivity index (χ3n) is 4.16. The Morgan fingerprint density at radius 1 is 1.41 bits per heavy atom. The average molecular weight is 398 g/mol. The monoisotopic (exact) mass is 398 g/mol. The van der Waals surface area contributed by atoms with Gasteiger partial charge in [0.15, 0.2) is 16.8 Å². The standard InChI is InChI=1S/C14H22N8O4S/c15-13(16)17-2-1-3-18-14-20-10-7(11(27)21-14)19-5-22(10)12-9(25)8(24)6(4-23)26-12/h5-6,8-9,12,23-25H,1-4H2,(H4,15,16,17)(H2,18,20,21,27)/t6-,8+,9?,12-/m1/s1. The molecule has 1 fully saturated rings. The molecule has 148 valence electrons. The highest BCUT2D eigenvalue weighted by Crippen LogP contribution is 2.31. The Kier molecular flexibility index (Phi) is 5.86. The van der Waals surface area contributed by atoms with Gasteiger partial charge in [-0.05, 0) is 6.42 Å². The number of aliphatic hydroxyl groups excluding tert-OH is 3. The van der Waals surface area contributed by atoms with Gasteiger partial charge in [-0.25, -0.2) is 9.97 Å². The number of aromatic nitrogens is 4. The van der Waals surface area contributed by atoms with E-state index in [2.05, 4.69) is 25.3 Å². The second-order valence-electron chi connectivity index (χ2n) is 6.06. The molecule has 13 heteroatoms. The molecule has 0 aliphatic carbocycles. The minimum atomic E-state index is -1.23. The van der Waals surface area contributed by atoms with Crippen LogP contribution in [0.3, 0.4) is 0 Å². The van der Waals surface area contributed by atoms with E-state index in [-0.39, 0.29) is 10.6 Å². The largest absolute Gasteiger partial charge is 0.394 e. The number of fused-ring (bicyclic) bond motifs is 1. The molecule has 0 radical (unpaired) electrons. The van der Waals surface area contributed by atoms with Crippen molar-refractivity contribution in [3.63, 3.8) is 0 Å². The highest BCUT2D eigenvalue weighted by atomic mass is 32.1. The van der Waals surface area contributed by atoms with Gasteiger partial charge in [0.1, 0.15) is 29.5 Å². The fourth-order valence-electron chi connectivity index (χ4n) is 2.82. The highest BCUT2D eigenvalue weighted by Gasteiger charge is 2.43. The molecule has 0 saturated carbocycles. The number of aromatic amines is 1. The first-order valence-corrected chi connectivity index (χ1v) is 8.71.